The predicted octanol–water partition coefficient (Wildman–Crippen LogP) is 2.20. The number of pyridine rings is 1. The van der Waals surface area contributed by atoms with Crippen molar-refractivity contribution in [1.82, 2.24) is 4.98 Å². The maximum absolute atomic E-state index is 5.78. The van der Waals surface area contributed by atoms with E-state index in [1.54, 1.807) is 0 Å². The minimum Gasteiger partial charge on any atom is -0.371 e. The number of rotatable bonds is 5. The highest BCUT2D eigenvalue weighted by molar-refractivity contribution is 5.46. The molecule has 0 fully saturated rings. The van der Waals surface area contributed by atoms with E-state index in [9.17, 15) is 0 Å². The van der Waals surface area contributed by atoms with Crippen LogP contribution in [0.4, 0.5) is 5.69 Å². The summed E-state index contributed by atoms with van der Waals surface area (Å²) in [6.07, 6.45) is 1.86. The Morgan fingerprint density at radius 3 is 2.62 bits per heavy atom. The van der Waals surface area contributed by atoms with E-state index in [-0.39, 0.29) is 5.41 Å². The Labute approximate surface area is 98.7 Å². The Kier molecular flexibility index (Phi) is 4.30. The lowest BCUT2D eigenvalue weighted by Crippen LogP contribution is -2.38. The van der Waals surface area contributed by atoms with Gasteiger partial charge in [-0.15, -0.1) is 0 Å². The molecular weight excluding hydrogens is 198 g/mol. The third-order valence-electron chi connectivity index (χ3n) is 2.80. The quantitative estimate of drug-likeness (QED) is 0.829. The highest BCUT2D eigenvalue weighted by Gasteiger charge is 2.19. The topological polar surface area (TPSA) is 42.1 Å². The molecule has 0 aliphatic rings. The minimum atomic E-state index is 0.146. The fourth-order valence-corrected chi connectivity index (χ4v) is 1.69. The van der Waals surface area contributed by atoms with Crippen molar-refractivity contribution >= 4 is 5.69 Å². The highest BCUT2D eigenvalue weighted by atomic mass is 15.1. The van der Waals surface area contributed by atoms with E-state index in [1.165, 1.54) is 5.69 Å². The lowest BCUT2D eigenvalue weighted by atomic mass is 9.93. The maximum atomic E-state index is 5.78. The minimum absolute atomic E-state index is 0.146. The highest BCUT2D eigenvalue weighted by Crippen LogP contribution is 2.21. The Morgan fingerprint density at radius 2 is 2.12 bits per heavy atom. The predicted molar refractivity (Wildman–Crippen MR) is 69.7 cm³/mol. The maximum Gasteiger partial charge on any atom is 0.0399 e. The summed E-state index contributed by atoms with van der Waals surface area (Å²) >= 11 is 0. The lowest BCUT2D eigenvalue weighted by Gasteiger charge is -2.32. The van der Waals surface area contributed by atoms with Crippen molar-refractivity contribution in [3.05, 3.63) is 24.0 Å². The van der Waals surface area contributed by atoms with E-state index in [4.69, 9.17) is 5.73 Å². The molecule has 1 heterocycles. The van der Waals surface area contributed by atoms with Gasteiger partial charge in [-0.25, -0.2) is 0 Å². The van der Waals surface area contributed by atoms with E-state index >= 15 is 0 Å². The summed E-state index contributed by atoms with van der Waals surface area (Å²) in [5.74, 6) is 0. The second-order valence-electron chi connectivity index (χ2n) is 5.04. The van der Waals surface area contributed by atoms with E-state index in [1.807, 2.05) is 13.1 Å². The molecular formula is C13H23N3. The number of anilines is 1. The summed E-state index contributed by atoms with van der Waals surface area (Å²) in [6.45, 7) is 11.3. The standard InChI is InChI=1S/C13H23N3/c1-5-16(10-13(3,4)9-14)12-6-7-15-11(2)8-12/h6-8H,5,9-10,14H2,1-4H3. The van der Waals surface area contributed by atoms with Crippen molar-refractivity contribution in [3.63, 3.8) is 0 Å². The van der Waals surface area contributed by atoms with Crippen molar-refractivity contribution < 1.29 is 0 Å². The molecule has 0 saturated carbocycles. The van der Waals surface area contributed by atoms with E-state index in [0.717, 1.165) is 18.8 Å². The molecule has 0 unspecified atom stereocenters. The molecule has 0 bridgehead atoms. The van der Waals surface area contributed by atoms with Crippen LogP contribution >= 0.6 is 0 Å². The van der Waals surface area contributed by atoms with Gasteiger partial charge in [0.05, 0.1) is 0 Å². The van der Waals surface area contributed by atoms with Crippen molar-refractivity contribution in [2.45, 2.75) is 27.7 Å². The van der Waals surface area contributed by atoms with Crippen LogP contribution in [0.3, 0.4) is 0 Å². The first-order chi connectivity index (χ1) is 7.48. The van der Waals surface area contributed by atoms with Gasteiger partial charge in [-0.1, -0.05) is 13.8 Å². The molecule has 90 valence electrons. The molecule has 0 aromatic carbocycles. The van der Waals surface area contributed by atoms with Gasteiger partial charge >= 0.3 is 0 Å². The Hall–Kier alpha value is -1.09. The van der Waals surface area contributed by atoms with Crippen LogP contribution in [0.1, 0.15) is 26.5 Å². The van der Waals surface area contributed by atoms with Crippen LogP contribution in [-0.2, 0) is 0 Å². The van der Waals surface area contributed by atoms with Crippen LogP contribution in [0, 0.1) is 12.3 Å². The summed E-state index contributed by atoms with van der Waals surface area (Å²) < 4.78 is 0. The normalized spacial score (nSPS) is 11.6. The molecule has 0 radical (unpaired) electrons. The van der Waals surface area contributed by atoms with Crippen molar-refractivity contribution in [2.75, 3.05) is 24.5 Å². The summed E-state index contributed by atoms with van der Waals surface area (Å²) in [5, 5.41) is 0. The molecule has 0 amide bonds. The van der Waals surface area contributed by atoms with Crippen LogP contribution < -0.4 is 10.6 Å². The third kappa shape index (κ3) is 3.49. The van der Waals surface area contributed by atoms with Gasteiger partial charge in [0, 0.05) is 30.7 Å². The Balaban J connectivity index is 2.82. The van der Waals surface area contributed by atoms with Crippen LogP contribution in [0.2, 0.25) is 0 Å². The van der Waals surface area contributed by atoms with E-state index in [0.29, 0.717) is 6.54 Å². The molecule has 3 nitrogen and oxygen atoms in total. The molecule has 0 atom stereocenters. The molecule has 0 saturated heterocycles. The molecule has 1 aromatic heterocycles. The molecule has 2 N–H and O–H groups in total. The summed E-state index contributed by atoms with van der Waals surface area (Å²) in [6, 6.07) is 4.18. The molecule has 3 heteroatoms. The zero-order chi connectivity index (χ0) is 12.2. The Bertz CT molecular complexity index is 334. The average Bonchev–Trinajstić information content (AvgIpc) is 2.26. The first-order valence-corrected chi connectivity index (χ1v) is 5.86. The first kappa shape index (κ1) is 13.0. The fourth-order valence-electron chi connectivity index (χ4n) is 1.69. The molecule has 1 aromatic rings. The van der Waals surface area contributed by atoms with Gasteiger partial charge in [0.25, 0.3) is 0 Å². The van der Waals surface area contributed by atoms with E-state index < -0.39 is 0 Å². The van der Waals surface area contributed by atoms with Gasteiger partial charge in [0.15, 0.2) is 0 Å². The fraction of sp³-hybridized carbons (Fsp3) is 0.615. The summed E-state index contributed by atoms with van der Waals surface area (Å²) in [5.41, 5.74) is 8.21. The lowest BCUT2D eigenvalue weighted by molar-refractivity contribution is 0.379. The van der Waals surface area contributed by atoms with Crippen molar-refractivity contribution in [1.29, 1.82) is 0 Å². The monoisotopic (exact) mass is 221 g/mol. The SMILES string of the molecule is CCN(CC(C)(C)CN)c1ccnc(C)c1. The second kappa shape index (κ2) is 5.30. The van der Waals surface area contributed by atoms with Crippen LogP contribution in [0.25, 0.3) is 0 Å². The summed E-state index contributed by atoms with van der Waals surface area (Å²) in [7, 11) is 0. The number of nitrogens with two attached hydrogens (primary N) is 1. The zero-order valence-corrected chi connectivity index (χ0v) is 10.8. The molecule has 0 spiro atoms. The van der Waals surface area contributed by atoms with Gasteiger partial charge in [-0.05, 0) is 37.9 Å². The number of hydrogen-bond acceptors (Lipinski definition) is 3. The number of aromatic nitrogens is 1. The number of nitrogens with zero attached hydrogens (tertiary/aromatic N) is 2. The van der Waals surface area contributed by atoms with Gasteiger partial charge in [-0.3, -0.25) is 4.98 Å². The van der Waals surface area contributed by atoms with E-state index in [2.05, 4.69) is 42.8 Å². The largest absolute Gasteiger partial charge is 0.371 e. The van der Waals surface area contributed by atoms with Crippen molar-refractivity contribution in [3.8, 4) is 0 Å². The smallest absolute Gasteiger partial charge is 0.0399 e. The molecule has 16 heavy (non-hydrogen) atoms. The second-order valence-corrected chi connectivity index (χ2v) is 5.04. The first-order valence-electron chi connectivity index (χ1n) is 5.86. The van der Waals surface area contributed by atoms with Gasteiger partial charge in [-0.2, -0.15) is 0 Å². The Morgan fingerprint density at radius 1 is 1.44 bits per heavy atom. The summed E-state index contributed by atoms with van der Waals surface area (Å²) in [4.78, 5) is 6.57. The zero-order valence-electron chi connectivity index (χ0n) is 10.8. The molecule has 0 aliphatic heterocycles. The van der Waals surface area contributed by atoms with Gasteiger partial charge in [0.2, 0.25) is 0 Å². The third-order valence-corrected chi connectivity index (χ3v) is 2.80. The van der Waals surface area contributed by atoms with Gasteiger partial charge < -0.3 is 10.6 Å². The van der Waals surface area contributed by atoms with Crippen LogP contribution in [0.15, 0.2) is 18.3 Å². The molecule has 0 aliphatic carbocycles. The number of aryl methyl sites for hydroxylation is 1. The molecule has 1 rings (SSSR count). The van der Waals surface area contributed by atoms with Crippen LogP contribution in [-0.4, -0.2) is 24.6 Å². The van der Waals surface area contributed by atoms with Crippen LogP contribution in [0.5, 0.6) is 0 Å². The van der Waals surface area contributed by atoms with Crippen molar-refractivity contribution in [2.24, 2.45) is 11.1 Å². The average molecular weight is 221 g/mol. The number of hydrogen-bond donors (Lipinski definition) is 1. The van der Waals surface area contributed by atoms with Gasteiger partial charge in [0.1, 0.15) is 0 Å².